The minimum Gasteiger partial charge on any atom is -0.372 e. The molecule has 0 saturated heterocycles. The fourth-order valence-corrected chi connectivity index (χ4v) is 2.20. The van der Waals surface area contributed by atoms with Crippen LogP contribution < -0.4 is 15.5 Å². The number of benzene rings is 1. The van der Waals surface area contributed by atoms with Crippen LogP contribution in [0.1, 0.15) is 39.2 Å². The summed E-state index contributed by atoms with van der Waals surface area (Å²) in [4.78, 5) is 13.8. The zero-order valence-corrected chi connectivity index (χ0v) is 13.6. The quantitative estimate of drug-likeness (QED) is 0.651. The molecule has 0 unspecified atom stereocenters. The van der Waals surface area contributed by atoms with E-state index in [2.05, 4.69) is 60.6 Å². The highest BCUT2D eigenvalue weighted by Gasteiger charge is 2.02. The molecule has 0 atom stereocenters. The topological polar surface area (TPSA) is 44.4 Å². The molecule has 2 N–H and O–H groups in total. The Morgan fingerprint density at radius 3 is 2.29 bits per heavy atom. The van der Waals surface area contributed by atoms with E-state index in [1.807, 2.05) is 0 Å². The first-order valence-electron chi connectivity index (χ1n) is 8.02. The van der Waals surface area contributed by atoms with E-state index in [0.29, 0.717) is 13.0 Å². The van der Waals surface area contributed by atoms with Crippen molar-refractivity contribution in [2.45, 2.75) is 40.2 Å². The van der Waals surface area contributed by atoms with Crippen molar-refractivity contribution in [1.82, 2.24) is 10.6 Å². The predicted molar refractivity (Wildman–Crippen MR) is 89.6 cm³/mol. The van der Waals surface area contributed by atoms with Gasteiger partial charge >= 0.3 is 0 Å². The van der Waals surface area contributed by atoms with Gasteiger partial charge in [-0.3, -0.25) is 4.79 Å². The van der Waals surface area contributed by atoms with Gasteiger partial charge in [-0.2, -0.15) is 0 Å². The minimum atomic E-state index is 0.126. The Kier molecular flexibility index (Phi) is 8.51. The Labute approximate surface area is 128 Å². The number of carbonyl (C=O) groups excluding carboxylic acids is 1. The van der Waals surface area contributed by atoms with Gasteiger partial charge in [0.05, 0.1) is 0 Å². The average molecular weight is 291 g/mol. The summed E-state index contributed by atoms with van der Waals surface area (Å²) in [6.45, 7) is 10.7. The molecule has 21 heavy (non-hydrogen) atoms. The first-order valence-corrected chi connectivity index (χ1v) is 8.02. The van der Waals surface area contributed by atoms with Crippen LogP contribution in [0.25, 0.3) is 0 Å². The van der Waals surface area contributed by atoms with Gasteiger partial charge in [-0.05, 0) is 38.0 Å². The van der Waals surface area contributed by atoms with Crippen molar-refractivity contribution in [2.24, 2.45) is 0 Å². The number of amides is 1. The lowest BCUT2D eigenvalue weighted by molar-refractivity contribution is -0.120. The number of anilines is 1. The average Bonchev–Trinajstić information content (AvgIpc) is 2.52. The lowest BCUT2D eigenvalue weighted by Gasteiger charge is -2.21. The Hall–Kier alpha value is -1.55. The van der Waals surface area contributed by atoms with Gasteiger partial charge < -0.3 is 15.5 Å². The molecule has 1 rings (SSSR count). The lowest BCUT2D eigenvalue weighted by Crippen LogP contribution is -2.28. The van der Waals surface area contributed by atoms with Crippen LogP contribution in [0.3, 0.4) is 0 Å². The van der Waals surface area contributed by atoms with Crippen molar-refractivity contribution >= 4 is 11.6 Å². The van der Waals surface area contributed by atoms with Crippen LogP contribution in [-0.2, 0) is 11.3 Å². The molecule has 0 aromatic heterocycles. The van der Waals surface area contributed by atoms with E-state index in [1.165, 1.54) is 11.3 Å². The highest BCUT2D eigenvalue weighted by molar-refractivity contribution is 5.75. The van der Waals surface area contributed by atoms with Crippen LogP contribution >= 0.6 is 0 Å². The lowest BCUT2D eigenvalue weighted by atomic mass is 10.2. The maximum Gasteiger partial charge on any atom is 0.221 e. The van der Waals surface area contributed by atoms with Crippen molar-refractivity contribution in [3.8, 4) is 0 Å². The summed E-state index contributed by atoms with van der Waals surface area (Å²) in [6, 6.07) is 8.63. The van der Waals surface area contributed by atoms with E-state index in [-0.39, 0.29) is 5.91 Å². The molecular formula is C17H29N3O. The van der Waals surface area contributed by atoms with Gasteiger partial charge in [0.25, 0.3) is 0 Å². The van der Waals surface area contributed by atoms with Crippen molar-refractivity contribution in [3.05, 3.63) is 29.8 Å². The standard InChI is InChI=1S/C17H29N3O/c1-4-12-19-17(21)11-13-18-14-15-7-9-16(10-8-15)20(5-2)6-3/h7-10,18H,4-6,11-14H2,1-3H3,(H,19,21). The molecule has 4 nitrogen and oxygen atoms in total. The maximum atomic E-state index is 11.4. The third-order valence-corrected chi connectivity index (χ3v) is 3.50. The van der Waals surface area contributed by atoms with E-state index in [1.54, 1.807) is 0 Å². The molecule has 0 aliphatic rings. The Morgan fingerprint density at radius 2 is 1.71 bits per heavy atom. The molecular weight excluding hydrogens is 262 g/mol. The van der Waals surface area contributed by atoms with Gasteiger partial charge in [0, 0.05) is 44.8 Å². The second-order valence-electron chi connectivity index (χ2n) is 5.12. The SMILES string of the molecule is CCCNC(=O)CCNCc1ccc(N(CC)CC)cc1. The Balaban J connectivity index is 2.28. The maximum absolute atomic E-state index is 11.4. The summed E-state index contributed by atoms with van der Waals surface area (Å²) in [5, 5.41) is 6.19. The fraction of sp³-hybridized carbons (Fsp3) is 0.588. The van der Waals surface area contributed by atoms with E-state index in [4.69, 9.17) is 0 Å². The summed E-state index contributed by atoms with van der Waals surface area (Å²) in [5.41, 5.74) is 2.52. The molecule has 0 bridgehead atoms. The van der Waals surface area contributed by atoms with Crippen molar-refractivity contribution in [3.63, 3.8) is 0 Å². The third-order valence-electron chi connectivity index (χ3n) is 3.50. The molecule has 0 fully saturated rings. The molecule has 118 valence electrons. The fourth-order valence-electron chi connectivity index (χ4n) is 2.20. The van der Waals surface area contributed by atoms with E-state index < -0.39 is 0 Å². The number of hydrogen-bond acceptors (Lipinski definition) is 3. The van der Waals surface area contributed by atoms with Gasteiger partial charge in [-0.15, -0.1) is 0 Å². The number of carbonyl (C=O) groups is 1. The monoisotopic (exact) mass is 291 g/mol. The van der Waals surface area contributed by atoms with Crippen LogP contribution in [-0.4, -0.2) is 32.1 Å². The number of nitrogens with zero attached hydrogens (tertiary/aromatic N) is 1. The summed E-state index contributed by atoms with van der Waals surface area (Å²) in [6.07, 6.45) is 1.52. The molecule has 0 aliphatic heterocycles. The minimum absolute atomic E-state index is 0.126. The zero-order chi connectivity index (χ0) is 15.5. The first kappa shape index (κ1) is 17.5. The van der Waals surface area contributed by atoms with Gasteiger partial charge in [0.1, 0.15) is 0 Å². The Bertz CT molecular complexity index is 399. The molecule has 1 aromatic rings. The number of nitrogens with one attached hydrogen (secondary N) is 2. The molecule has 0 spiro atoms. The highest BCUT2D eigenvalue weighted by atomic mass is 16.1. The first-order chi connectivity index (χ1) is 10.2. The summed E-state index contributed by atoms with van der Waals surface area (Å²) >= 11 is 0. The van der Waals surface area contributed by atoms with Gasteiger partial charge in [0.2, 0.25) is 5.91 Å². The van der Waals surface area contributed by atoms with Gasteiger partial charge in [-0.1, -0.05) is 19.1 Å². The number of rotatable bonds is 10. The van der Waals surface area contributed by atoms with Crippen LogP contribution in [0.15, 0.2) is 24.3 Å². The molecule has 0 saturated carbocycles. The largest absolute Gasteiger partial charge is 0.372 e. The molecule has 1 aromatic carbocycles. The smallest absolute Gasteiger partial charge is 0.221 e. The second-order valence-corrected chi connectivity index (χ2v) is 5.12. The summed E-state index contributed by atoms with van der Waals surface area (Å²) in [5.74, 6) is 0.126. The molecule has 4 heteroatoms. The van der Waals surface area contributed by atoms with Crippen LogP contribution in [0.4, 0.5) is 5.69 Å². The summed E-state index contributed by atoms with van der Waals surface area (Å²) < 4.78 is 0. The number of hydrogen-bond donors (Lipinski definition) is 2. The van der Waals surface area contributed by atoms with E-state index in [0.717, 1.165) is 32.6 Å². The van der Waals surface area contributed by atoms with Crippen LogP contribution in [0.5, 0.6) is 0 Å². The Morgan fingerprint density at radius 1 is 1.05 bits per heavy atom. The normalized spacial score (nSPS) is 10.4. The van der Waals surface area contributed by atoms with E-state index >= 15 is 0 Å². The van der Waals surface area contributed by atoms with Crippen molar-refractivity contribution in [1.29, 1.82) is 0 Å². The zero-order valence-electron chi connectivity index (χ0n) is 13.6. The van der Waals surface area contributed by atoms with Crippen LogP contribution in [0, 0.1) is 0 Å². The van der Waals surface area contributed by atoms with Crippen molar-refractivity contribution < 1.29 is 4.79 Å². The van der Waals surface area contributed by atoms with Crippen molar-refractivity contribution in [2.75, 3.05) is 31.1 Å². The van der Waals surface area contributed by atoms with E-state index in [9.17, 15) is 4.79 Å². The third kappa shape index (κ3) is 6.63. The highest BCUT2D eigenvalue weighted by Crippen LogP contribution is 2.14. The second kappa shape index (κ2) is 10.2. The molecule has 0 radical (unpaired) electrons. The molecule has 1 amide bonds. The predicted octanol–water partition coefficient (Wildman–Crippen LogP) is 2.54. The molecule has 0 heterocycles. The van der Waals surface area contributed by atoms with Gasteiger partial charge in [-0.25, -0.2) is 0 Å². The van der Waals surface area contributed by atoms with Gasteiger partial charge in [0.15, 0.2) is 0 Å². The summed E-state index contributed by atoms with van der Waals surface area (Å²) in [7, 11) is 0. The molecule has 0 aliphatic carbocycles. The van der Waals surface area contributed by atoms with Crippen LogP contribution in [0.2, 0.25) is 0 Å².